The van der Waals surface area contributed by atoms with E-state index in [0.29, 0.717) is 0 Å². The molecule has 0 heterocycles. The second-order valence-electron chi connectivity index (χ2n) is 2.27. The highest BCUT2D eigenvalue weighted by molar-refractivity contribution is 5.66. The Morgan fingerprint density at radius 1 is 1.31 bits per heavy atom. The molecule has 13 heavy (non-hydrogen) atoms. The minimum absolute atomic E-state index is 0.0880. The maximum absolute atomic E-state index is 9.37. The fourth-order valence-corrected chi connectivity index (χ4v) is 0.493. The first-order chi connectivity index (χ1) is 6.06. The third-order valence-corrected chi connectivity index (χ3v) is 1.13. The second-order valence-corrected chi connectivity index (χ2v) is 2.27. The van der Waals surface area contributed by atoms with E-state index in [9.17, 15) is 4.79 Å². The van der Waals surface area contributed by atoms with Crippen molar-refractivity contribution in [2.75, 3.05) is 0 Å². The van der Waals surface area contributed by atoms with Crippen LogP contribution in [-0.2, 0) is 4.79 Å². The van der Waals surface area contributed by atoms with Crippen LogP contribution in [0.15, 0.2) is 24.3 Å². The molecule has 0 unspecified atom stereocenters. The van der Waals surface area contributed by atoms with Gasteiger partial charge in [0.2, 0.25) is 0 Å². The Morgan fingerprint density at radius 2 is 1.69 bits per heavy atom. The quantitative estimate of drug-likeness (QED) is 0.619. The largest absolute Gasteiger partial charge is 0.508 e. The molecule has 0 fully saturated rings. The van der Waals surface area contributed by atoms with Crippen molar-refractivity contribution in [3.8, 4) is 11.5 Å². The fraction of sp³-hybridized carbons (Fsp3) is 0.222. The molecule has 0 saturated carbocycles. The predicted octanol–water partition coefficient (Wildman–Crippen LogP) is 1.58. The van der Waals surface area contributed by atoms with Gasteiger partial charge in [-0.1, -0.05) is 13.0 Å². The first kappa shape index (κ1) is 11.3. The van der Waals surface area contributed by atoms with Gasteiger partial charge in [-0.15, -0.1) is 0 Å². The van der Waals surface area contributed by atoms with Crippen molar-refractivity contribution in [2.24, 2.45) is 0 Å². The molecule has 0 saturated heterocycles. The number of carboxylic acids is 1. The van der Waals surface area contributed by atoms with Crippen LogP contribution in [0.5, 0.6) is 11.5 Å². The lowest BCUT2D eigenvalue weighted by Gasteiger charge is -1.89. The number of aromatic hydroxyl groups is 2. The molecule has 4 heteroatoms. The molecule has 0 aliphatic heterocycles. The van der Waals surface area contributed by atoms with E-state index in [2.05, 4.69) is 0 Å². The molecule has 72 valence electrons. The molecule has 1 rings (SSSR count). The summed E-state index contributed by atoms with van der Waals surface area (Å²) in [6, 6.07) is 5.85. The normalized spacial score (nSPS) is 8.38. The van der Waals surface area contributed by atoms with Crippen molar-refractivity contribution in [2.45, 2.75) is 13.3 Å². The molecular formula is C9H12O4. The van der Waals surface area contributed by atoms with Crippen LogP contribution >= 0.6 is 0 Å². The molecule has 0 aromatic heterocycles. The van der Waals surface area contributed by atoms with Crippen LogP contribution in [0.4, 0.5) is 0 Å². The van der Waals surface area contributed by atoms with Crippen molar-refractivity contribution in [1.82, 2.24) is 0 Å². The van der Waals surface area contributed by atoms with Crippen molar-refractivity contribution in [3.05, 3.63) is 24.3 Å². The lowest BCUT2D eigenvalue weighted by Crippen LogP contribution is -1.86. The van der Waals surface area contributed by atoms with Gasteiger partial charge >= 0.3 is 5.97 Å². The number of hydrogen-bond donors (Lipinski definition) is 3. The summed E-state index contributed by atoms with van der Waals surface area (Å²) in [4.78, 5) is 9.37. The summed E-state index contributed by atoms with van der Waals surface area (Å²) in [6.45, 7) is 1.60. The predicted molar refractivity (Wildman–Crippen MR) is 47.7 cm³/mol. The summed E-state index contributed by atoms with van der Waals surface area (Å²) < 4.78 is 0. The van der Waals surface area contributed by atoms with Crippen LogP contribution in [0.2, 0.25) is 0 Å². The van der Waals surface area contributed by atoms with Gasteiger partial charge in [0.05, 0.1) is 0 Å². The Hall–Kier alpha value is -1.71. The average Bonchev–Trinajstić information content (AvgIpc) is 2.05. The van der Waals surface area contributed by atoms with Crippen LogP contribution in [-0.4, -0.2) is 21.3 Å². The second kappa shape index (κ2) is 5.88. The Balaban J connectivity index is 0.000000252. The van der Waals surface area contributed by atoms with Gasteiger partial charge in [0.25, 0.3) is 0 Å². The SMILES string of the molecule is CCC(=O)O.Oc1cccc(O)c1. The molecule has 0 spiro atoms. The topological polar surface area (TPSA) is 77.8 Å². The summed E-state index contributed by atoms with van der Waals surface area (Å²) in [7, 11) is 0. The summed E-state index contributed by atoms with van der Waals surface area (Å²) in [5.74, 6) is -0.569. The Kier molecular flexibility index (Phi) is 5.11. The maximum Gasteiger partial charge on any atom is 0.303 e. The summed E-state index contributed by atoms with van der Waals surface area (Å²) in [5, 5.41) is 25.0. The molecule has 0 aliphatic carbocycles. The first-order valence-corrected chi connectivity index (χ1v) is 3.76. The van der Waals surface area contributed by atoms with E-state index >= 15 is 0 Å². The van der Waals surface area contributed by atoms with Gasteiger partial charge in [-0.05, 0) is 12.1 Å². The number of aliphatic carboxylic acids is 1. The van der Waals surface area contributed by atoms with E-state index in [1.54, 1.807) is 13.0 Å². The molecule has 0 aliphatic rings. The van der Waals surface area contributed by atoms with Gasteiger partial charge in [0.1, 0.15) is 11.5 Å². The van der Waals surface area contributed by atoms with E-state index in [1.807, 2.05) is 0 Å². The number of phenols is 2. The lowest BCUT2D eigenvalue weighted by atomic mass is 10.3. The van der Waals surface area contributed by atoms with Gasteiger partial charge in [0.15, 0.2) is 0 Å². The first-order valence-electron chi connectivity index (χ1n) is 3.76. The van der Waals surface area contributed by atoms with Crippen molar-refractivity contribution >= 4 is 5.97 Å². The third kappa shape index (κ3) is 6.68. The van der Waals surface area contributed by atoms with Crippen molar-refractivity contribution in [1.29, 1.82) is 0 Å². The van der Waals surface area contributed by atoms with Crippen molar-refractivity contribution < 1.29 is 20.1 Å². The molecule has 4 nitrogen and oxygen atoms in total. The van der Waals surface area contributed by atoms with E-state index in [0.717, 1.165) is 0 Å². The summed E-state index contributed by atoms with van der Waals surface area (Å²) in [6.07, 6.45) is 0.222. The van der Waals surface area contributed by atoms with Crippen molar-refractivity contribution in [3.63, 3.8) is 0 Å². The van der Waals surface area contributed by atoms with Gasteiger partial charge in [-0.25, -0.2) is 0 Å². The molecule has 0 bridgehead atoms. The van der Waals surface area contributed by atoms with E-state index < -0.39 is 5.97 Å². The zero-order valence-corrected chi connectivity index (χ0v) is 7.27. The Labute approximate surface area is 76.1 Å². The average molecular weight is 184 g/mol. The molecular weight excluding hydrogens is 172 g/mol. The molecule has 0 amide bonds. The van der Waals surface area contributed by atoms with Gasteiger partial charge in [-0.2, -0.15) is 0 Å². The molecule has 0 atom stereocenters. The van der Waals surface area contributed by atoms with Crippen LogP contribution in [0.3, 0.4) is 0 Å². The molecule has 3 N–H and O–H groups in total. The third-order valence-electron chi connectivity index (χ3n) is 1.13. The van der Waals surface area contributed by atoms with E-state index in [-0.39, 0.29) is 17.9 Å². The van der Waals surface area contributed by atoms with Crippen LogP contribution in [0, 0.1) is 0 Å². The fourth-order valence-electron chi connectivity index (χ4n) is 0.493. The number of carboxylic acid groups (broad SMARTS) is 1. The smallest absolute Gasteiger partial charge is 0.303 e. The van der Waals surface area contributed by atoms with Gasteiger partial charge in [0, 0.05) is 12.5 Å². The van der Waals surface area contributed by atoms with Crippen LogP contribution in [0.1, 0.15) is 13.3 Å². The summed E-state index contributed by atoms with van der Waals surface area (Å²) in [5.41, 5.74) is 0. The zero-order chi connectivity index (χ0) is 10.3. The molecule has 1 aromatic carbocycles. The summed E-state index contributed by atoms with van der Waals surface area (Å²) >= 11 is 0. The maximum atomic E-state index is 9.37. The van der Waals surface area contributed by atoms with Crippen LogP contribution < -0.4 is 0 Å². The minimum Gasteiger partial charge on any atom is -0.508 e. The van der Waals surface area contributed by atoms with Gasteiger partial charge in [-0.3, -0.25) is 4.79 Å². The van der Waals surface area contributed by atoms with Crippen LogP contribution in [0.25, 0.3) is 0 Å². The standard InChI is InChI=1S/C6H6O2.C3H6O2/c7-5-2-1-3-6(8)4-5;1-2-3(4)5/h1-4,7-8H;2H2,1H3,(H,4,5). The van der Waals surface area contributed by atoms with E-state index in [1.165, 1.54) is 18.2 Å². The lowest BCUT2D eigenvalue weighted by molar-refractivity contribution is -0.136. The Bertz CT molecular complexity index is 253. The van der Waals surface area contributed by atoms with E-state index in [4.69, 9.17) is 15.3 Å². The number of phenolic OH excluding ortho intramolecular Hbond substituents is 2. The highest BCUT2D eigenvalue weighted by Crippen LogP contribution is 2.14. The van der Waals surface area contributed by atoms with Gasteiger partial charge < -0.3 is 15.3 Å². The molecule has 1 aromatic rings. The number of hydrogen-bond acceptors (Lipinski definition) is 3. The minimum atomic E-state index is -0.745. The highest BCUT2D eigenvalue weighted by atomic mass is 16.4. The highest BCUT2D eigenvalue weighted by Gasteiger charge is 1.85. The number of benzene rings is 1. The monoisotopic (exact) mass is 184 g/mol. The zero-order valence-electron chi connectivity index (χ0n) is 7.27. The number of rotatable bonds is 1. The number of carbonyl (C=O) groups is 1. The Morgan fingerprint density at radius 3 is 1.85 bits per heavy atom. The molecule has 0 radical (unpaired) electrons.